The Kier molecular flexibility index (Phi) is 5.28. The number of piperazine rings is 1. The topological polar surface area (TPSA) is 62.7 Å². The molecule has 1 aromatic heterocycles. The van der Waals surface area contributed by atoms with E-state index in [-0.39, 0.29) is 11.8 Å². The van der Waals surface area contributed by atoms with Gasteiger partial charge in [-0.1, -0.05) is 12.1 Å². The summed E-state index contributed by atoms with van der Waals surface area (Å²) in [5, 5.41) is 0. The van der Waals surface area contributed by atoms with Crippen LogP contribution in [0, 0.1) is 0 Å². The van der Waals surface area contributed by atoms with Crippen molar-refractivity contribution < 1.29 is 14.3 Å². The van der Waals surface area contributed by atoms with Crippen LogP contribution in [0.3, 0.4) is 0 Å². The lowest BCUT2D eigenvalue weighted by molar-refractivity contribution is -0.131. The zero-order chi connectivity index (χ0) is 17.6. The molecule has 3 rings (SSSR count). The maximum atomic E-state index is 12.5. The molecular weight excluding hydrogens is 318 g/mol. The van der Waals surface area contributed by atoms with Gasteiger partial charge in [-0.2, -0.15) is 0 Å². The molecule has 0 N–H and O–H groups in total. The van der Waals surface area contributed by atoms with Crippen molar-refractivity contribution in [1.29, 1.82) is 0 Å². The SMILES string of the molecule is COc1cccc(CC(=O)N2CCN(C(=O)c3ccncc3)CC2)c1. The highest BCUT2D eigenvalue weighted by Gasteiger charge is 2.24. The normalized spacial score (nSPS) is 14.3. The maximum Gasteiger partial charge on any atom is 0.254 e. The van der Waals surface area contributed by atoms with Crippen molar-refractivity contribution in [1.82, 2.24) is 14.8 Å². The van der Waals surface area contributed by atoms with Gasteiger partial charge in [0, 0.05) is 44.1 Å². The second-order valence-corrected chi connectivity index (χ2v) is 5.94. The third-order valence-electron chi connectivity index (χ3n) is 4.34. The molecule has 0 unspecified atom stereocenters. The van der Waals surface area contributed by atoms with Gasteiger partial charge in [0.25, 0.3) is 5.91 Å². The molecule has 0 atom stereocenters. The van der Waals surface area contributed by atoms with Crippen LogP contribution in [0.15, 0.2) is 48.8 Å². The summed E-state index contributed by atoms with van der Waals surface area (Å²) >= 11 is 0. The van der Waals surface area contributed by atoms with Gasteiger partial charge in [-0.25, -0.2) is 0 Å². The second kappa shape index (κ2) is 7.79. The monoisotopic (exact) mass is 339 g/mol. The van der Waals surface area contributed by atoms with Crippen LogP contribution in [0.4, 0.5) is 0 Å². The number of hydrogen-bond donors (Lipinski definition) is 0. The smallest absolute Gasteiger partial charge is 0.254 e. The number of benzene rings is 1. The maximum absolute atomic E-state index is 12.5. The Hall–Kier alpha value is -2.89. The lowest BCUT2D eigenvalue weighted by atomic mass is 10.1. The summed E-state index contributed by atoms with van der Waals surface area (Å²) in [5.41, 5.74) is 1.56. The van der Waals surface area contributed by atoms with E-state index in [0.29, 0.717) is 38.2 Å². The van der Waals surface area contributed by atoms with Gasteiger partial charge in [-0.05, 0) is 29.8 Å². The Balaban J connectivity index is 1.55. The molecule has 0 aliphatic carbocycles. The first-order chi connectivity index (χ1) is 12.2. The lowest BCUT2D eigenvalue weighted by Crippen LogP contribution is -2.51. The highest BCUT2D eigenvalue weighted by molar-refractivity contribution is 5.94. The summed E-state index contributed by atoms with van der Waals surface area (Å²) in [6, 6.07) is 11.0. The average Bonchev–Trinajstić information content (AvgIpc) is 2.68. The number of methoxy groups -OCH3 is 1. The van der Waals surface area contributed by atoms with Crippen LogP contribution in [0.2, 0.25) is 0 Å². The molecule has 1 aliphatic rings. The average molecular weight is 339 g/mol. The first-order valence-corrected chi connectivity index (χ1v) is 8.27. The Bertz CT molecular complexity index is 741. The van der Waals surface area contributed by atoms with Gasteiger partial charge < -0.3 is 14.5 Å². The summed E-state index contributed by atoms with van der Waals surface area (Å²) < 4.78 is 5.19. The van der Waals surface area contributed by atoms with E-state index in [1.807, 2.05) is 29.2 Å². The summed E-state index contributed by atoms with van der Waals surface area (Å²) in [6.45, 7) is 2.20. The molecule has 0 saturated carbocycles. The van der Waals surface area contributed by atoms with Gasteiger partial charge in [0.15, 0.2) is 0 Å². The number of aromatic nitrogens is 1. The van der Waals surface area contributed by atoms with Crippen LogP contribution in [-0.4, -0.2) is 59.9 Å². The first kappa shape index (κ1) is 17.0. The number of rotatable bonds is 4. The van der Waals surface area contributed by atoms with E-state index < -0.39 is 0 Å². The van der Waals surface area contributed by atoms with Crippen molar-refractivity contribution in [2.45, 2.75) is 6.42 Å². The molecule has 25 heavy (non-hydrogen) atoms. The summed E-state index contributed by atoms with van der Waals surface area (Å²) in [6.07, 6.45) is 3.57. The highest BCUT2D eigenvalue weighted by atomic mass is 16.5. The molecular formula is C19H21N3O3. The van der Waals surface area contributed by atoms with Crippen molar-refractivity contribution in [3.63, 3.8) is 0 Å². The predicted octanol–water partition coefficient (Wildman–Crippen LogP) is 1.62. The molecule has 1 saturated heterocycles. The van der Waals surface area contributed by atoms with E-state index in [0.717, 1.165) is 11.3 Å². The number of hydrogen-bond acceptors (Lipinski definition) is 4. The van der Waals surface area contributed by atoms with Crippen LogP contribution < -0.4 is 4.74 Å². The van der Waals surface area contributed by atoms with E-state index in [1.54, 1.807) is 36.5 Å². The van der Waals surface area contributed by atoms with E-state index in [9.17, 15) is 9.59 Å². The van der Waals surface area contributed by atoms with Gasteiger partial charge in [0.1, 0.15) is 5.75 Å². The second-order valence-electron chi connectivity index (χ2n) is 5.94. The molecule has 2 amide bonds. The molecule has 2 heterocycles. The fraction of sp³-hybridized carbons (Fsp3) is 0.316. The quantitative estimate of drug-likeness (QED) is 0.849. The van der Waals surface area contributed by atoms with Crippen molar-refractivity contribution >= 4 is 11.8 Å². The zero-order valence-corrected chi connectivity index (χ0v) is 14.2. The first-order valence-electron chi connectivity index (χ1n) is 8.27. The summed E-state index contributed by atoms with van der Waals surface area (Å²) in [5.74, 6) is 0.810. The Morgan fingerprint density at radius 3 is 2.40 bits per heavy atom. The van der Waals surface area contributed by atoms with Crippen LogP contribution in [0.5, 0.6) is 5.75 Å². The minimum absolute atomic E-state index is 0.0118. The molecule has 1 fully saturated rings. The van der Waals surface area contributed by atoms with Gasteiger partial charge in [0.2, 0.25) is 5.91 Å². The number of carbonyl (C=O) groups excluding carboxylic acids is 2. The van der Waals surface area contributed by atoms with Crippen LogP contribution >= 0.6 is 0 Å². The number of carbonyl (C=O) groups is 2. The third kappa shape index (κ3) is 4.15. The molecule has 0 spiro atoms. The molecule has 2 aromatic rings. The minimum Gasteiger partial charge on any atom is -0.497 e. The van der Waals surface area contributed by atoms with E-state index in [1.165, 1.54) is 0 Å². The molecule has 130 valence electrons. The number of ether oxygens (including phenoxy) is 1. The van der Waals surface area contributed by atoms with Gasteiger partial charge in [-0.3, -0.25) is 14.6 Å². The van der Waals surface area contributed by atoms with E-state index >= 15 is 0 Å². The van der Waals surface area contributed by atoms with Crippen LogP contribution in [0.25, 0.3) is 0 Å². The largest absolute Gasteiger partial charge is 0.497 e. The van der Waals surface area contributed by atoms with E-state index in [4.69, 9.17) is 4.74 Å². The number of nitrogens with zero attached hydrogens (tertiary/aromatic N) is 3. The minimum atomic E-state index is -0.0118. The lowest BCUT2D eigenvalue weighted by Gasteiger charge is -2.35. The zero-order valence-electron chi connectivity index (χ0n) is 14.2. The van der Waals surface area contributed by atoms with Crippen molar-refractivity contribution in [2.75, 3.05) is 33.3 Å². The van der Waals surface area contributed by atoms with E-state index in [2.05, 4.69) is 4.98 Å². The Morgan fingerprint density at radius 1 is 1.04 bits per heavy atom. The van der Waals surface area contributed by atoms with Crippen molar-refractivity contribution in [3.05, 3.63) is 59.9 Å². The van der Waals surface area contributed by atoms with Gasteiger partial charge >= 0.3 is 0 Å². The summed E-state index contributed by atoms with van der Waals surface area (Å²) in [4.78, 5) is 32.4. The van der Waals surface area contributed by atoms with Gasteiger partial charge in [0.05, 0.1) is 13.5 Å². The molecule has 0 radical (unpaired) electrons. The molecule has 1 aliphatic heterocycles. The Morgan fingerprint density at radius 2 is 1.72 bits per heavy atom. The molecule has 6 heteroatoms. The molecule has 0 bridgehead atoms. The highest BCUT2D eigenvalue weighted by Crippen LogP contribution is 2.15. The summed E-state index contributed by atoms with van der Waals surface area (Å²) in [7, 11) is 1.61. The number of amides is 2. The van der Waals surface area contributed by atoms with Crippen molar-refractivity contribution in [2.24, 2.45) is 0 Å². The molecule has 6 nitrogen and oxygen atoms in total. The Labute approximate surface area is 147 Å². The number of pyridine rings is 1. The predicted molar refractivity (Wildman–Crippen MR) is 93.4 cm³/mol. The third-order valence-corrected chi connectivity index (χ3v) is 4.34. The van der Waals surface area contributed by atoms with Crippen LogP contribution in [-0.2, 0) is 11.2 Å². The molecule has 1 aromatic carbocycles. The fourth-order valence-electron chi connectivity index (χ4n) is 2.90. The van der Waals surface area contributed by atoms with Crippen molar-refractivity contribution in [3.8, 4) is 5.75 Å². The van der Waals surface area contributed by atoms with Gasteiger partial charge in [-0.15, -0.1) is 0 Å². The fourth-order valence-corrected chi connectivity index (χ4v) is 2.90. The van der Waals surface area contributed by atoms with Crippen LogP contribution in [0.1, 0.15) is 15.9 Å². The standard InChI is InChI=1S/C19H21N3O3/c1-25-17-4-2-3-15(13-17)14-18(23)21-9-11-22(12-10-21)19(24)16-5-7-20-8-6-16/h2-8,13H,9-12,14H2,1H3.